The summed E-state index contributed by atoms with van der Waals surface area (Å²) in [5, 5.41) is 8.60. The van der Waals surface area contributed by atoms with E-state index in [-0.39, 0.29) is 0 Å². The third-order valence-electron chi connectivity index (χ3n) is 2.69. The molecule has 0 atom stereocenters. The zero-order chi connectivity index (χ0) is 9.10. The molecule has 0 amide bonds. The van der Waals surface area contributed by atoms with Gasteiger partial charge in [-0.3, -0.25) is 4.98 Å². The zero-order valence-corrected chi connectivity index (χ0v) is 7.53. The molecule has 0 radical (unpaired) electrons. The summed E-state index contributed by atoms with van der Waals surface area (Å²) in [6.45, 7) is 0. The Balaban J connectivity index is 2.18. The highest BCUT2D eigenvalue weighted by atomic mass is 14.7. The zero-order valence-electron chi connectivity index (χ0n) is 7.53. The number of aromatic nitrogens is 1. The van der Waals surface area contributed by atoms with Crippen LogP contribution in [0.15, 0.2) is 18.3 Å². The molecule has 1 fully saturated rings. The molecule has 2 heteroatoms. The first-order valence-electron chi connectivity index (χ1n) is 4.76. The van der Waals surface area contributed by atoms with Gasteiger partial charge in [-0.1, -0.05) is 12.8 Å². The molecule has 0 unspecified atom stereocenters. The molecule has 0 saturated heterocycles. The molecule has 2 nitrogen and oxygen atoms in total. The molecule has 0 aromatic carbocycles. The van der Waals surface area contributed by atoms with Crippen LogP contribution in [0.25, 0.3) is 0 Å². The van der Waals surface area contributed by atoms with Gasteiger partial charge >= 0.3 is 0 Å². The number of nitriles is 1. The van der Waals surface area contributed by atoms with Gasteiger partial charge in [-0.25, -0.2) is 0 Å². The van der Waals surface area contributed by atoms with E-state index >= 15 is 0 Å². The van der Waals surface area contributed by atoms with Crippen LogP contribution in [0.1, 0.15) is 42.9 Å². The average molecular weight is 172 g/mol. The predicted octanol–water partition coefficient (Wildman–Crippen LogP) is 2.61. The lowest BCUT2D eigenvalue weighted by atomic mass is 10.0. The van der Waals surface area contributed by atoms with E-state index in [9.17, 15) is 0 Å². The van der Waals surface area contributed by atoms with Gasteiger partial charge < -0.3 is 0 Å². The van der Waals surface area contributed by atoms with Crippen molar-refractivity contribution >= 4 is 0 Å². The maximum atomic E-state index is 8.60. The summed E-state index contributed by atoms with van der Waals surface area (Å²) in [5.74, 6) is 0.646. The van der Waals surface area contributed by atoms with Crippen molar-refractivity contribution in [1.82, 2.24) is 4.98 Å². The number of nitrogens with zero attached hydrogens (tertiary/aromatic N) is 2. The third kappa shape index (κ3) is 1.70. The topological polar surface area (TPSA) is 36.7 Å². The van der Waals surface area contributed by atoms with Gasteiger partial charge in [0.15, 0.2) is 0 Å². The first-order chi connectivity index (χ1) is 6.40. The average Bonchev–Trinajstić information content (AvgIpc) is 2.71. The number of hydrogen-bond donors (Lipinski definition) is 0. The Bertz CT molecular complexity index is 315. The molecule has 13 heavy (non-hydrogen) atoms. The Morgan fingerprint density at radius 1 is 1.31 bits per heavy atom. The Kier molecular flexibility index (Phi) is 2.27. The Morgan fingerprint density at radius 3 is 2.62 bits per heavy atom. The smallest absolute Gasteiger partial charge is 0.101 e. The van der Waals surface area contributed by atoms with Gasteiger partial charge in [-0.05, 0) is 25.0 Å². The molecular formula is C11H12N2. The van der Waals surface area contributed by atoms with Gasteiger partial charge in [0.1, 0.15) is 6.07 Å². The van der Waals surface area contributed by atoms with Crippen molar-refractivity contribution in [1.29, 1.82) is 5.26 Å². The van der Waals surface area contributed by atoms with Crippen LogP contribution in [0.4, 0.5) is 0 Å². The molecular weight excluding hydrogens is 160 g/mol. The maximum Gasteiger partial charge on any atom is 0.101 e. The Morgan fingerprint density at radius 2 is 2.08 bits per heavy atom. The lowest BCUT2D eigenvalue weighted by molar-refractivity contribution is 0.697. The van der Waals surface area contributed by atoms with E-state index < -0.39 is 0 Å². The standard InChI is InChI=1S/C11H12N2/c12-7-9-5-6-11(13-8-9)10-3-1-2-4-10/h5-6,8,10H,1-4H2. The normalized spacial score (nSPS) is 17.2. The molecule has 0 bridgehead atoms. The fourth-order valence-electron chi connectivity index (χ4n) is 1.93. The highest BCUT2D eigenvalue weighted by Crippen LogP contribution is 2.32. The van der Waals surface area contributed by atoms with Gasteiger partial charge in [0.25, 0.3) is 0 Å². The summed E-state index contributed by atoms with van der Waals surface area (Å²) in [4.78, 5) is 4.31. The third-order valence-corrected chi connectivity index (χ3v) is 2.69. The molecule has 1 aromatic rings. The van der Waals surface area contributed by atoms with Crippen LogP contribution in [-0.2, 0) is 0 Å². The highest BCUT2D eigenvalue weighted by Gasteiger charge is 2.17. The van der Waals surface area contributed by atoms with Crippen LogP contribution < -0.4 is 0 Å². The van der Waals surface area contributed by atoms with Crippen molar-refractivity contribution in [3.8, 4) is 6.07 Å². The molecule has 66 valence electrons. The van der Waals surface area contributed by atoms with Crippen LogP contribution in [-0.4, -0.2) is 4.98 Å². The number of pyridine rings is 1. The largest absolute Gasteiger partial charge is 0.260 e. The van der Waals surface area contributed by atoms with E-state index in [4.69, 9.17) is 5.26 Å². The number of hydrogen-bond acceptors (Lipinski definition) is 2. The maximum absolute atomic E-state index is 8.60. The lowest BCUT2D eigenvalue weighted by Gasteiger charge is -2.06. The number of rotatable bonds is 1. The van der Waals surface area contributed by atoms with E-state index in [0.717, 1.165) is 5.69 Å². The van der Waals surface area contributed by atoms with Crippen LogP contribution in [0.3, 0.4) is 0 Å². The predicted molar refractivity (Wildman–Crippen MR) is 50.2 cm³/mol. The quantitative estimate of drug-likeness (QED) is 0.652. The van der Waals surface area contributed by atoms with Crippen LogP contribution in [0.2, 0.25) is 0 Å². The van der Waals surface area contributed by atoms with Crippen molar-refractivity contribution in [3.05, 3.63) is 29.6 Å². The molecule has 0 aliphatic heterocycles. The summed E-state index contributed by atoms with van der Waals surface area (Å²) in [7, 11) is 0. The molecule has 1 heterocycles. The second-order valence-electron chi connectivity index (χ2n) is 3.56. The van der Waals surface area contributed by atoms with Crippen molar-refractivity contribution in [2.24, 2.45) is 0 Å². The SMILES string of the molecule is N#Cc1ccc(C2CCCC2)nc1. The van der Waals surface area contributed by atoms with E-state index in [1.165, 1.54) is 25.7 Å². The highest BCUT2D eigenvalue weighted by molar-refractivity contribution is 5.27. The van der Waals surface area contributed by atoms with Gasteiger partial charge in [-0.15, -0.1) is 0 Å². The molecule has 1 saturated carbocycles. The van der Waals surface area contributed by atoms with Gasteiger partial charge in [-0.2, -0.15) is 5.26 Å². The van der Waals surface area contributed by atoms with Gasteiger partial charge in [0.2, 0.25) is 0 Å². The summed E-state index contributed by atoms with van der Waals surface area (Å²) in [6.07, 6.45) is 6.85. The first kappa shape index (κ1) is 8.25. The van der Waals surface area contributed by atoms with E-state index in [1.807, 2.05) is 12.1 Å². The minimum atomic E-state index is 0.646. The summed E-state index contributed by atoms with van der Waals surface area (Å²) in [5.41, 5.74) is 1.82. The summed E-state index contributed by atoms with van der Waals surface area (Å²) < 4.78 is 0. The summed E-state index contributed by atoms with van der Waals surface area (Å²) >= 11 is 0. The molecule has 1 aliphatic carbocycles. The minimum Gasteiger partial charge on any atom is -0.260 e. The van der Waals surface area contributed by atoms with Crippen LogP contribution in [0, 0.1) is 11.3 Å². The van der Waals surface area contributed by atoms with Gasteiger partial charge in [0, 0.05) is 17.8 Å². The van der Waals surface area contributed by atoms with Crippen molar-refractivity contribution in [2.45, 2.75) is 31.6 Å². The van der Waals surface area contributed by atoms with E-state index in [1.54, 1.807) is 6.20 Å². The minimum absolute atomic E-state index is 0.646. The molecule has 0 spiro atoms. The van der Waals surface area contributed by atoms with E-state index in [0.29, 0.717) is 11.5 Å². The van der Waals surface area contributed by atoms with E-state index in [2.05, 4.69) is 11.1 Å². The van der Waals surface area contributed by atoms with Crippen LogP contribution >= 0.6 is 0 Å². The van der Waals surface area contributed by atoms with Crippen molar-refractivity contribution in [3.63, 3.8) is 0 Å². The fourth-order valence-corrected chi connectivity index (χ4v) is 1.93. The Hall–Kier alpha value is -1.36. The summed E-state index contributed by atoms with van der Waals surface area (Å²) in [6, 6.07) is 5.94. The van der Waals surface area contributed by atoms with Gasteiger partial charge in [0.05, 0.1) is 5.56 Å². The molecule has 1 aromatic heterocycles. The molecule has 0 N–H and O–H groups in total. The van der Waals surface area contributed by atoms with Crippen molar-refractivity contribution < 1.29 is 0 Å². The molecule has 1 aliphatic rings. The molecule has 2 rings (SSSR count). The first-order valence-corrected chi connectivity index (χ1v) is 4.76. The lowest BCUT2D eigenvalue weighted by Crippen LogP contribution is -1.95. The Labute approximate surface area is 78.2 Å². The second-order valence-corrected chi connectivity index (χ2v) is 3.56. The fraction of sp³-hybridized carbons (Fsp3) is 0.455. The van der Waals surface area contributed by atoms with Crippen molar-refractivity contribution in [2.75, 3.05) is 0 Å². The van der Waals surface area contributed by atoms with Crippen LogP contribution in [0.5, 0.6) is 0 Å². The second kappa shape index (κ2) is 3.57. The monoisotopic (exact) mass is 172 g/mol.